The van der Waals surface area contributed by atoms with Crippen LogP contribution in [0.15, 0.2) is 16.6 Å². The number of Topliss-reactive ketones (excluding diaryl/α,β-unsaturated/α-hetero) is 1. The monoisotopic (exact) mass is 239 g/mol. The van der Waals surface area contributed by atoms with Crippen molar-refractivity contribution in [2.75, 3.05) is 0 Å². The fourth-order valence-electron chi connectivity index (χ4n) is 0.932. The minimum atomic E-state index is -0.268. The molecule has 3 nitrogen and oxygen atoms in total. The first kappa shape index (κ1) is 9.75. The number of ketones is 1. The molecule has 0 unspecified atom stereocenters. The van der Waals surface area contributed by atoms with Gasteiger partial charge in [0.25, 0.3) is 0 Å². The normalized spacial score (nSPS) is 9.31. The molecular formula is C9H6BrNO2. The Labute approximate surface area is 83.7 Å². The Morgan fingerprint density at radius 2 is 2.23 bits per heavy atom. The van der Waals surface area contributed by atoms with E-state index in [9.17, 15) is 9.90 Å². The first-order valence-corrected chi connectivity index (χ1v) is 4.29. The number of halogens is 1. The highest BCUT2D eigenvalue weighted by Gasteiger charge is 2.11. The number of phenolic OH excluding ortho intramolecular Hbond substituents is 1. The molecule has 66 valence electrons. The third-order valence-electron chi connectivity index (χ3n) is 1.57. The summed E-state index contributed by atoms with van der Waals surface area (Å²) in [5.74, 6) is -0.387. The maximum atomic E-state index is 11.0. The Bertz CT molecular complexity index is 407. The van der Waals surface area contributed by atoms with E-state index >= 15 is 0 Å². The third-order valence-corrected chi connectivity index (χ3v) is 2.18. The van der Waals surface area contributed by atoms with E-state index in [-0.39, 0.29) is 17.1 Å². The summed E-state index contributed by atoms with van der Waals surface area (Å²) < 4.78 is 0.358. The Morgan fingerprint density at radius 3 is 2.69 bits per heavy atom. The minimum absolute atomic E-state index is 0.119. The van der Waals surface area contributed by atoms with Gasteiger partial charge in [0.2, 0.25) is 0 Å². The molecule has 0 amide bonds. The molecule has 1 aromatic carbocycles. The predicted octanol–water partition coefficient (Wildman–Crippen LogP) is 2.23. The molecule has 0 fully saturated rings. The average molecular weight is 240 g/mol. The summed E-state index contributed by atoms with van der Waals surface area (Å²) in [6.45, 7) is 1.34. The van der Waals surface area contributed by atoms with E-state index in [1.807, 2.05) is 6.07 Å². The van der Waals surface area contributed by atoms with E-state index in [0.29, 0.717) is 10.0 Å². The van der Waals surface area contributed by atoms with Gasteiger partial charge in [0.1, 0.15) is 5.75 Å². The smallest absolute Gasteiger partial charge is 0.163 e. The Balaban J connectivity index is 3.44. The quantitative estimate of drug-likeness (QED) is 0.765. The molecule has 13 heavy (non-hydrogen) atoms. The number of hydrogen-bond acceptors (Lipinski definition) is 3. The molecule has 0 saturated heterocycles. The van der Waals surface area contributed by atoms with Gasteiger partial charge in [-0.15, -0.1) is 0 Å². The van der Waals surface area contributed by atoms with Crippen molar-refractivity contribution in [2.45, 2.75) is 6.92 Å². The molecule has 1 rings (SSSR count). The van der Waals surface area contributed by atoms with Gasteiger partial charge >= 0.3 is 0 Å². The molecule has 0 spiro atoms. The van der Waals surface area contributed by atoms with Crippen molar-refractivity contribution in [1.29, 1.82) is 5.26 Å². The lowest BCUT2D eigenvalue weighted by Crippen LogP contribution is -1.94. The summed E-state index contributed by atoms with van der Waals surface area (Å²) in [6.07, 6.45) is 0. The second kappa shape index (κ2) is 3.58. The lowest BCUT2D eigenvalue weighted by Gasteiger charge is -2.02. The molecule has 0 atom stereocenters. The van der Waals surface area contributed by atoms with Gasteiger partial charge < -0.3 is 5.11 Å². The Hall–Kier alpha value is -1.34. The van der Waals surface area contributed by atoms with Gasteiger partial charge in [-0.25, -0.2) is 0 Å². The van der Waals surface area contributed by atoms with Crippen molar-refractivity contribution in [3.8, 4) is 11.8 Å². The summed E-state index contributed by atoms with van der Waals surface area (Å²) in [7, 11) is 0. The maximum Gasteiger partial charge on any atom is 0.163 e. The van der Waals surface area contributed by atoms with E-state index in [4.69, 9.17) is 5.26 Å². The molecule has 0 aliphatic heterocycles. The van der Waals surface area contributed by atoms with E-state index in [0.717, 1.165) is 0 Å². The van der Waals surface area contributed by atoms with Crippen molar-refractivity contribution in [3.05, 3.63) is 27.7 Å². The fourth-order valence-corrected chi connectivity index (χ4v) is 1.39. The number of carbonyl (C=O) groups is 1. The second-order valence-corrected chi connectivity index (χ2v) is 3.38. The zero-order chi connectivity index (χ0) is 10.0. The van der Waals surface area contributed by atoms with E-state index in [2.05, 4.69) is 15.9 Å². The van der Waals surface area contributed by atoms with Crippen LogP contribution in [0.2, 0.25) is 0 Å². The molecule has 4 heteroatoms. The summed E-state index contributed by atoms with van der Waals surface area (Å²) >= 11 is 3.05. The molecule has 0 saturated carbocycles. The zero-order valence-corrected chi connectivity index (χ0v) is 8.42. The van der Waals surface area contributed by atoms with E-state index in [1.165, 1.54) is 19.1 Å². The minimum Gasteiger partial charge on any atom is -0.506 e. The summed E-state index contributed by atoms with van der Waals surface area (Å²) in [4.78, 5) is 11.0. The van der Waals surface area contributed by atoms with Gasteiger partial charge in [0, 0.05) is 0 Å². The topological polar surface area (TPSA) is 61.1 Å². The van der Waals surface area contributed by atoms with Crippen molar-refractivity contribution in [3.63, 3.8) is 0 Å². The Morgan fingerprint density at radius 1 is 1.62 bits per heavy atom. The second-order valence-electron chi connectivity index (χ2n) is 2.52. The summed E-state index contributed by atoms with van der Waals surface area (Å²) in [6, 6.07) is 4.72. The summed E-state index contributed by atoms with van der Waals surface area (Å²) in [5.41, 5.74) is 0.501. The molecule has 1 aromatic rings. The molecule has 0 aliphatic rings. The molecule has 0 radical (unpaired) electrons. The number of aromatic hydroxyl groups is 1. The van der Waals surface area contributed by atoms with Crippen LogP contribution in [-0.2, 0) is 0 Å². The number of rotatable bonds is 1. The third kappa shape index (κ3) is 1.87. The molecule has 0 aliphatic carbocycles. The maximum absolute atomic E-state index is 11.0. The number of benzene rings is 1. The fraction of sp³-hybridized carbons (Fsp3) is 0.111. The molecule has 0 bridgehead atoms. The predicted molar refractivity (Wildman–Crippen MR) is 50.5 cm³/mol. The van der Waals surface area contributed by atoms with E-state index in [1.54, 1.807) is 0 Å². The number of hydrogen-bond donors (Lipinski definition) is 1. The van der Waals surface area contributed by atoms with Crippen LogP contribution in [-0.4, -0.2) is 10.9 Å². The number of carbonyl (C=O) groups excluding carboxylic acids is 1. The van der Waals surface area contributed by atoms with Crippen molar-refractivity contribution < 1.29 is 9.90 Å². The van der Waals surface area contributed by atoms with Crippen LogP contribution in [0.25, 0.3) is 0 Å². The van der Waals surface area contributed by atoms with Gasteiger partial charge in [-0.1, -0.05) is 0 Å². The van der Waals surface area contributed by atoms with Crippen LogP contribution in [0, 0.1) is 11.3 Å². The Kier molecular flexibility index (Phi) is 2.69. The van der Waals surface area contributed by atoms with Gasteiger partial charge in [-0.05, 0) is 35.0 Å². The average Bonchev–Trinajstić information content (AvgIpc) is 2.09. The molecule has 0 heterocycles. The standard InChI is InChI=1S/C9H6BrNO2/c1-5(12)7-2-6(4-11)3-8(10)9(7)13/h2-3,13H,1H3. The highest BCUT2D eigenvalue weighted by molar-refractivity contribution is 9.10. The van der Waals surface area contributed by atoms with Gasteiger partial charge in [0.15, 0.2) is 5.78 Å². The van der Waals surface area contributed by atoms with Crippen molar-refractivity contribution >= 4 is 21.7 Å². The number of nitrogens with zero attached hydrogens (tertiary/aromatic N) is 1. The van der Waals surface area contributed by atoms with Gasteiger partial charge in [0.05, 0.1) is 21.7 Å². The van der Waals surface area contributed by atoms with Crippen LogP contribution in [0.5, 0.6) is 5.75 Å². The van der Waals surface area contributed by atoms with Crippen molar-refractivity contribution in [2.24, 2.45) is 0 Å². The van der Waals surface area contributed by atoms with Gasteiger partial charge in [-0.3, -0.25) is 4.79 Å². The lowest BCUT2D eigenvalue weighted by molar-refractivity contribution is 0.101. The lowest BCUT2D eigenvalue weighted by atomic mass is 10.1. The SMILES string of the molecule is CC(=O)c1cc(C#N)cc(Br)c1O. The number of nitriles is 1. The van der Waals surface area contributed by atoms with E-state index < -0.39 is 0 Å². The van der Waals surface area contributed by atoms with Crippen LogP contribution < -0.4 is 0 Å². The van der Waals surface area contributed by atoms with Crippen LogP contribution >= 0.6 is 15.9 Å². The van der Waals surface area contributed by atoms with Crippen molar-refractivity contribution in [1.82, 2.24) is 0 Å². The molecule has 1 N–H and O–H groups in total. The largest absolute Gasteiger partial charge is 0.506 e. The van der Waals surface area contributed by atoms with Crippen LogP contribution in [0.1, 0.15) is 22.8 Å². The summed E-state index contributed by atoms with van der Waals surface area (Å²) in [5, 5.41) is 18.0. The first-order chi connectivity index (χ1) is 6.06. The first-order valence-electron chi connectivity index (χ1n) is 3.50. The molecule has 0 aromatic heterocycles. The van der Waals surface area contributed by atoms with Crippen LogP contribution in [0.4, 0.5) is 0 Å². The highest BCUT2D eigenvalue weighted by atomic mass is 79.9. The molecular weight excluding hydrogens is 234 g/mol. The van der Waals surface area contributed by atoms with Crippen LogP contribution in [0.3, 0.4) is 0 Å². The zero-order valence-electron chi connectivity index (χ0n) is 6.84. The van der Waals surface area contributed by atoms with Gasteiger partial charge in [-0.2, -0.15) is 5.26 Å². The highest BCUT2D eigenvalue weighted by Crippen LogP contribution is 2.29. The number of phenols is 1.